The average Bonchev–Trinajstić information content (AvgIpc) is 3.19. The van der Waals surface area contributed by atoms with Crippen LogP contribution in [0.2, 0.25) is 0 Å². The molecule has 2 aliphatic rings. The van der Waals surface area contributed by atoms with Gasteiger partial charge in [0.2, 0.25) is 5.91 Å². The van der Waals surface area contributed by atoms with Crippen molar-refractivity contribution in [2.24, 2.45) is 10.4 Å². The molecule has 1 saturated carbocycles. The first-order chi connectivity index (χ1) is 9.99. The van der Waals surface area contributed by atoms with Crippen molar-refractivity contribution in [1.29, 1.82) is 0 Å². The topological polar surface area (TPSA) is 47.9 Å². The molecule has 0 unspecified atom stereocenters. The monoisotopic (exact) mass is 294 g/mol. The first kappa shape index (κ1) is 16.1. The highest BCUT2D eigenvalue weighted by molar-refractivity contribution is 5.85. The van der Waals surface area contributed by atoms with E-state index in [0.717, 1.165) is 19.0 Å². The van der Waals surface area contributed by atoms with Crippen LogP contribution in [-0.4, -0.2) is 61.4 Å². The zero-order chi connectivity index (χ0) is 15.5. The van der Waals surface area contributed by atoms with Crippen LogP contribution in [0, 0.1) is 5.41 Å². The summed E-state index contributed by atoms with van der Waals surface area (Å²) in [5.74, 6) is 0.998. The Balaban J connectivity index is 2.02. The Morgan fingerprint density at radius 3 is 2.48 bits per heavy atom. The zero-order valence-corrected chi connectivity index (χ0v) is 14.0. The highest BCUT2D eigenvalue weighted by Crippen LogP contribution is 2.37. The molecular weight excluding hydrogens is 264 g/mol. The fourth-order valence-electron chi connectivity index (χ4n) is 2.87. The van der Waals surface area contributed by atoms with E-state index in [1.807, 2.05) is 0 Å². The maximum atomic E-state index is 11.8. The molecule has 0 radical (unpaired) electrons. The summed E-state index contributed by atoms with van der Waals surface area (Å²) in [6.07, 6.45) is 6.11. The number of aliphatic imine (C=N–C) groups is 1. The smallest absolute Gasteiger partial charge is 0.243 e. The van der Waals surface area contributed by atoms with E-state index >= 15 is 0 Å². The number of hydrogen-bond acceptors (Lipinski definition) is 2. The number of rotatable bonds is 5. The molecule has 0 atom stereocenters. The molecule has 0 aromatic carbocycles. The predicted molar refractivity (Wildman–Crippen MR) is 86.4 cm³/mol. The predicted octanol–water partition coefficient (Wildman–Crippen LogP) is 1.69. The maximum absolute atomic E-state index is 11.8. The molecule has 2 fully saturated rings. The number of guanidine groups is 1. The number of likely N-dealkylation sites (tertiary alicyclic amines) is 1. The van der Waals surface area contributed by atoms with Crippen molar-refractivity contribution in [3.05, 3.63) is 0 Å². The Labute approximate surface area is 128 Å². The third-order valence-corrected chi connectivity index (χ3v) is 5.01. The number of nitrogens with one attached hydrogen (secondary N) is 1. The highest BCUT2D eigenvalue weighted by atomic mass is 16.2. The second-order valence-corrected chi connectivity index (χ2v) is 6.73. The van der Waals surface area contributed by atoms with E-state index < -0.39 is 0 Å². The molecule has 0 aromatic rings. The van der Waals surface area contributed by atoms with Crippen molar-refractivity contribution in [3.63, 3.8) is 0 Å². The van der Waals surface area contributed by atoms with Gasteiger partial charge >= 0.3 is 0 Å². The lowest BCUT2D eigenvalue weighted by atomic mass is 9.82. The van der Waals surface area contributed by atoms with Gasteiger partial charge in [0, 0.05) is 33.2 Å². The molecular formula is C16H30N4O. The minimum atomic E-state index is 0.0570. The Hall–Kier alpha value is -1.26. The molecule has 5 heteroatoms. The van der Waals surface area contributed by atoms with Crippen LogP contribution < -0.4 is 5.32 Å². The van der Waals surface area contributed by atoms with E-state index in [1.54, 1.807) is 19.0 Å². The second-order valence-electron chi connectivity index (χ2n) is 6.73. The molecule has 0 bridgehead atoms. The van der Waals surface area contributed by atoms with Gasteiger partial charge in [0.1, 0.15) is 6.54 Å². The molecule has 21 heavy (non-hydrogen) atoms. The van der Waals surface area contributed by atoms with Gasteiger partial charge < -0.3 is 15.1 Å². The zero-order valence-electron chi connectivity index (χ0n) is 14.0. The summed E-state index contributed by atoms with van der Waals surface area (Å²) < 4.78 is 0. The molecule has 0 aromatic heterocycles. The van der Waals surface area contributed by atoms with Gasteiger partial charge in [0.05, 0.1) is 0 Å². The number of amides is 1. The van der Waals surface area contributed by atoms with Gasteiger partial charge in [-0.05, 0) is 37.5 Å². The van der Waals surface area contributed by atoms with Gasteiger partial charge in [0.25, 0.3) is 0 Å². The molecule has 5 nitrogen and oxygen atoms in total. The van der Waals surface area contributed by atoms with E-state index in [2.05, 4.69) is 29.1 Å². The van der Waals surface area contributed by atoms with Crippen molar-refractivity contribution in [3.8, 4) is 0 Å². The van der Waals surface area contributed by atoms with Gasteiger partial charge in [-0.1, -0.05) is 13.8 Å². The number of likely N-dealkylation sites (N-methyl/N-ethyl adjacent to an activating group) is 1. The van der Waals surface area contributed by atoms with E-state index in [0.29, 0.717) is 11.5 Å². The molecule has 2 rings (SSSR count). The first-order valence-electron chi connectivity index (χ1n) is 8.26. The number of carbonyl (C=O) groups is 1. The SMILES string of the molecule is CCC1(CC)CCN(C(=NCC(=O)N(C)C)NC2CC2)C1. The minimum Gasteiger partial charge on any atom is -0.353 e. The average molecular weight is 294 g/mol. The van der Waals surface area contributed by atoms with Gasteiger partial charge in [-0.3, -0.25) is 4.79 Å². The van der Waals surface area contributed by atoms with Crippen molar-refractivity contribution >= 4 is 11.9 Å². The number of hydrogen-bond donors (Lipinski definition) is 1. The first-order valence-corrected chi connectivity index (χ1v) is 8.26. The lowest BCUT2D eigenvalue weighted by Gasteiger charge is -2.28. The Bertz CT molecular complexity index is 397. The molecule has 120 valence electrons. The largest absolute Gasteiger partial charge is 0.353 e. The highest BCUT2D eigenvalue weighted by Gasteiger charge is 2.37. The number of carbonyl (C=O) groups excluding carboxylic acids is 1. The maximum Gasteiger partial charge on any atom is 0.243 e. The van der Waals surface area contributed by atoms with Crippen LogP contribution in [0.4, 0.5) is 0 Å². The van der Waals surface area contributed by atoms with Gasteiger partial charge in [-0.15, -0.1) is 0 Å². The van der Waals surface area contributed by atoms with E-state index in [4.69, 9.17) is 0 Å². The Kier molecular flexibility index (Phi) is 5.12. The summed E-state index contributed by atoms with van der Waals surface area (Å²) in [6.45, 7) is 6.93. The summed E-state index contributed by atoms with van der Waals surface area (Å²) in [4.78, 5) is 20.3. The summed E-state index contributed by atoms with van der Waals surface area (Å²) in [5, 5.41) is 3.52. The lowest BCUT2D eigenvalue weighted by molar-refractivity contribution is -0.127. The van der Waals surface area contributed by atoms with E-state index in [9.17, 15) is 4.79 Å². The van der Waals surface area contributed by atoms with E-state index in [1.165, 1.54) is 32.1 Å². The van der Waals surface area contributed by atoms with Crippen LogP contribution in [0.1, 0.15) is 46.0 Å². The molecule has 1 N–H and O–H groups in total. The van der Waals surface area contributed by atoms with Crippen molar-refractivity contribution in [2.75, 3.05) is 33.7 Å². The fourth-order valence-corrected chi connectivity index (χ4v) is 2.87. The van der Waals surface area contributed by atoms with Crippen LogP contribution in [0.25, 0.3) is 0 Å². The quantitative estimate of drug-likeness (QED) is 0.620. The molecule has 0 spiro atoms. The number of nitrogens with zero attached hydrogens (tertiary/aromatic N) is 3. The van der Waals surface area contributed by atoms with Crippen LogP contribution >= 0.6 is 0 Å². The minimum absolute atomic E-state index is 0.0570. The van der Waals surface area contributed by atoms with Crippen LogP contribution in [-0.2, 0) is 4.79 Å². The molecule has 1 amide bonds. The van der Waals surface area contributed by atoms with Crippen LogP contribution in [0.5, 0.6) is 0 Å². The van der Waals surface area contributed by atoms with Crippen molar-refractivity contribution in [1.82, 2.24) is 15.1 Å². The summed E-state index contributed by atoms with van der Waals surface area (Å²) >= 11 is 0. The molecule has 1 aliphatic heterocycles. The van der Waals surface area contributed by atoms with Gasteiger partial charge in [-0.2, -0.15) is 0 Å². The third kappa shape index (κ3) is 4.11. The fraction of sp³-hybridized carbons (Fsp3) is 0.875. The van der Waals surface area contributed by atoms with E-state index in [-0.39, 0.29) is 12.5 Å². The molecule has 1 aliphatic carbocycles. The normalized spacial score (nSPS) is 21.5. The lowest BCUT2D eigenvalue weighted by Crippen LogP contribution is -2.43. The van der Waals surface area contributed by atoms with Crippen molar-refractivity contribution < 1.29 is 4.79 Å². The van der Waals surface area contributed by atoms with Crippen molar-refractivity contribution in [2.45, 2.75) is 52.0 Å². The van der Waals surface area contributed by atoms with Gasteiger partial charge in [0.15, 0.2) is 5.96 Å². The summed E-state index contributed by atoms with van der Waals surface area (Å²) in [6, 6.07) is 0.566. The third-order valence-electron chi connectivity index (χ3n) is 5.01. The standard InChI is InChI=1S/C16H30N4O/c1-5-16(6-2)9-10-20(12-16)15(18-13-7-8-13)17-11-14(21)19(3)4/h13H,5-12H2,1-4H3,(H,17,18). The summed E-state index contributed by atoms with van der Waals surface area (Å²) in [5.41, 5.74) is 0.428. The Morgan fingerprint density at radius 1 is 1.33 bits per heavy atom. The summed E-state index contributed by atoms with van der Waals surface area (Å²) in [7, 11) is 3.56. The molecule has 1 saturated heterocycles. The Morgan fingerprint density at radius 2 is 2.00 bits per heavy atom. The van der Waals surface area contributed by atoms with Gasteiger partial charge in [-0.25, -0.2) is 4.99 Å². The van der Waals surface area contributed by atoms with Crippen LogP contribution in [0.3, 0.4) is 0 Å². The second kappa shape index (κ2) is 6.67. The molecule has 1 heterocycles. The van der Waals surface area contributed by atoms with Crippen LogP contribution in [0.15, 0.2) is 4.99 Å².